The van der Waals surface area contributed by atoms with Gasteiger partial charge in [-0.25, -0.2) is 0 Å². The number of aryl methyl sites for hydroxylation is 1. The first kappa shape index (κ1) is 24.5. The van der Waals surface area contributed by atoms with E-state index in [0.717, 1.165) is 35.5 Å². The maximum absolute atomic E-state index is 13.1. The predicted molar refractivity (Wildman–Crippen MR) is 140 cm³/mol. The van der Waals surface area contributed by atoms with Crippen molar-refractivity contribution in [3.63, 3.8) is 0 Å². The zero-order chi connectivity index (χ0) is 24.9. The van der Waals surface area contributed by atoms with E-state index in [1.54, 1.807) is 28.9 Å². The number of anilines is 1. The maximum atomic E-state index is 13.1. The van der Waals surface area contributed by atoms with E-state index in [-0.39, 0.29) is 11.8 Å². The molecule has 1 saturated heterocycles. The number of amides is 2. The number of benzene rings is 3. The van der Waals surface area contributed by atoms with Crippen LogP contribution in [0, 0.1) is 6.92 Å². The number of halogens is 1. The quantitative estimate of drug-likeness (QED) is 0.480. The van der Waals surface area contributed by atoms with Gasteiger partial charge in [-0.05, 0) is 69.3 Å². The van der Waals surface area contributed by atoms with Crippen LogP contribution in [0.3, 0.4) is 0 Å². The van der Waals surface area contributed by atoms with E-state index in [1.165, 1.54) is 0 Å². The van der Waals surface area contributed by atoms with Crippen molar-refractivity contribution < 1.29 is 14.3 Å². The van der Waals surface area contributed by atoms with Crippen LogP contribution in [0.5, 0.6) is 0 Å². The number of hydrogen-bond donors (Lipinski definition) is 2. The smallest absolute Gasteiger partial charge is 0.304 e. The number of hydrogen-bond acceptors (Lipinski definition) is 3. The average Bonchev–Trinajstić information content (AvgIpc) is 3.16. The van der Waals surface area contributed by atoms with E-state index in [2.05, 4.69) is 41.6 Å². The van der Waals surface area contributed by atoms with Crippen molar-refractivity contribution in [1.82, 2.24) is 10.7 Å². The minimum atomic E-state index is -0.771. The standard InChI is InChI=1S/C28H29ClN4O2/c1-4-32(5-2)24-16-8-20(9-17-24)18-33-26(21-10-6-19(3)7-11-21)25(28(35)31-33)30-27(34)22-12-14-23(29)15-13-22/h6-18,25-26H,4-5H2,1-3H3,(H-,30,31,34,35)/p+1/t25-,26-/m1/s1. The van der Waals surface area contributed by atoms with Gasteiger partial charge in [-0.15, -0.1) is 10.1 Å². The number of carbonyl (C=O) groups excluding carboxylic acids is 2. The fraction of sp³-hybridized carbons (Fsp3) is 0.250. The zero-order valence-corrected chi connectivity index (χ0v) is 20.9. The lowest BCUT2D eigenvalue weighted by molar-refractivity contribution is -0.596. The summed E-state index contributed by atoms with van der Waals surface area (Å²) in [6, 6.07) is 21.6. The van der Waals surface area contributed by atoms with Crippen LogP contribution in [-0.2, 0) is 4.79 Å². The monoisotopic (exact) mass is 489 g/mol. The number of nitrogens with zero attached hydrogens (tertiary/aromatic N) is 2. The summed E-state index contributed by atoms with van der Waals surface area (Å²) in [7, 11) is 0. The molecule has 0 unspecified atom stereocenters. The summed E-state index contributed by atoms with van der Waals surface area (Å²) in [6.07, 6.45) is 1.91. The van der Waals surface area contributed by atoms with Crippen molar-refractivity contribution in [2.45, 2.75) is 32.9 Å². The fourth-order valence-corrected chi connectivity index (χ4v) is 4.42. The molecule has 1 fully saturated rings. The molecule has 0 aromatic heterocycles. The molecular formula is C28H30ClN4O2+. The van der Waals surface area contributed by atoms with E-state index in [4.69, 9.17) is 11.6 Å². The second-order valence-electron chi connectivity index (χ2n) is 8.59. The molecule has 1 heterocycles. The zero-order valence-electron chi connectivity index (χ0n) is 20.2. The summed E-state index contributed by atoms with van der Waals surface area (Å²) >= 11 is 5.96. The van der Waals surface area contributed by atoms with Gasteiger partial charge in [-0.3, -0.25) is 9.59 Å². The van der Waals surface area contributed by atoms with Gasteiger partial charge in [-0.1, -0.05) is 41.4 Å². The molecular weight excluding hydrogens is 460 g/mol. The first-order valence-corrected chi connectivity index (χ1v) is 12.2. The number of hydrazine groups is 1. The summed E-state index contributed by atoms with van der Waals surface area (Å²) in [5.41, 5.74) is 7.52. The Morgan fingerprint density at radius 2 is 1.63 bits per heavy atom. The minimum Gasteiger partial charge on any atom is -0.372 e. The SMILES string of the molecule is CCN(CC)c1ccc(/C=[N+]2\NC(=O)[C@H](NC(=O)c3ccc(Cl)cc3)[C@H]2c2ccc(C)cc2)cc1. The Morgan fingerprint density at radius 3 is 2.23 bits per heavy atom. The van der Waals surface area contributed by atoms with Crippen molar-refractivity contribution in [3.05, 3.63) is 100 Å². The van der Waals surface area contributed by atoms with E-state index in [0.29, 0.717) is 10.6 Å². The van der Waals surface area contributed by atoms with Crippen molar-refractivity contribution in [3.8, 4) is 0 Å². The summed E-state index contributed by atoms with van der Waals surface area (Å²) in [5, 5.41) is 3.47. The van der Waals surface area contributed by atoms with Crippen LogP contribution in [0.25, 0.3) is 0 Å². The van der Waals surface area contributed by atoms with Crippen LogP contribution in [0.1, 0.15) is 46.9 Å². The minimum absolute atomic E-state index is 0.270. The molecule has 180 valence electrons. The molecule has 35 heavy (non-hydrogen) atoms. The second kappa shape index (κ2) is 10.7. The largest absolute Gasteiger partial charge is 0.372 e. The van der Waals surface area contributed by atoms with Crippen molar-refractivity contribution >= 4 is 35.3 Å². The molecule has 3 aromatic rings. The topological polar surface area (TPSA) is 64.5 Å². The van der Waals surface area contributed by atoms with Crippen LogP contribution < -0.4 is 15.6 Å². The van der Waals surface area contributed by atoms with Crippen LogP contribution in [-0.4, -0.2) is 41.8 Å². The van der Waals surface area contributed by atoms with Gasteiger partial charge in [-0.2, -0.15) is 0 Å². The van der Waals surface area contributed by atoms with Crippen LogP contribution in [0.2, 0.25) is 5.02 Å². The van der Waals surface area contributed by atoms with E-state index in [1.807, 2.05) is 49.5 Å². The molecule has 2 N–H and O–H groups in total. The highest BCUT2D eigenvalue weighted by Gasteiger charge is 2.47. The molecule has 6 nitrogen and oxygen atoms in total. The Balaban J connectivity index is 1.66. The molecule has 0 spiro atoms. The van der Waals surface area contributed by atoms with E-state index >= 15 is 0 Å². The second-order valence-corrected chi connectivity index (χ2v) is 9.03. The normalized spacial score (nSPS) is 18.4. The Hall–Kier alpha value is -3.64. The fourth-order valence-electron chi connectivity index (χ4n) is 4.29. The Kier molecular flexibility index (Phi) is 7.51. The third-order valence-electron chi connectivity index (χ3n) is 6.26. The summed E-state index contributed by atoms with van der Waals surface area (Å²) in [6.45, 7) is 8.16. The van der Waals surface area contributed by atoms with E-state index < -0.39 is 12.1 Å². The van der Waals surface area contributed by atoms with Gasteiger partial charge in [0.15, 0.2) is 6.04 Å². The average molecular weight is 490 g/mol. The number of rotatable bonds is 7. The Bertz CT molecular complexity index is 1220. The van der Waals surface area contributed by atoms with Crippen LogP contribution in [0.15, 0.2) is 72.8 Å². The molecule has 0 aliphatic carbocycles. The van der Waals surface area contributed by atoms with Crippen LogP contribution >= 0.6 is 11.6 Å². The van der Waals surface area contributed by atoms with Gasteiger partial charge in [0.05, 0.1) is 0 Å². The Labute approximate surface area is 211 Å². The van der Waals surface area contributed by atoms with Gasteiger partial charge in [0.2, 0.25) is 12.3 Å². The summed E-state index contributed by atoms with van der Waals surface area (Å²) < 4.78 is 1.78. The van der Waals surface area contributed by atoms with Crippen molar-refractivity contribution in [2.24, 2.45) is 0 Å². The lowest BCUT2D eigenvalue weighted by Crippen LogP contribution is -2.42. The lowest BCUT2D eigenvalue weighted by atomic mass is 9.98. The first-order chi connectivity index (χ1) is 16.9. The third-order valence-corrected chi connectivity index (χ3v) is 6.51. The highest BCUT2D eigenvalue weighted by molar-refractivity contribution is 6.30. The van der Waals surface area contributed by atoms with Gasteiger partial charge in [0, 0.05) is 40.5 Å². The summed E-state index contributed by atoms with van der Waals surface area (Å²) in [4.78, 5) is 28.3. The van der Waals surface area contributed by atoms with Gasteiger partial charge >= 0.3 is 5.91 Å². The molecule has 1 aliphatic heterocycles. The summed E-state index contributed by atoms with van der Waals surface area (Å²) in [5.74, 6) is -0.599. The highest BCUT2D eigenvalue weighted by atomic mass is 35.5. The Morgan fingerprint density at radius 1 is 1.00 bits per heavy atom. The molecule has 1 aliphatic rings. The maximum Gasteiger partial charge on any atom is 0.304 e. The molecule has 0 saturated carbocycles. The predicted octanol–water partition coefficient (Wildman–Crippen LogP) is 4.51. The van der Waals surface area contributed by atoms with Crippen molar-refractivity contribution in [1.29, 1.82) is 0 Å². The van der Waals surface area contributed by atoms with Gasteiger partial charge in [0.25, 0.3) is 5.91 Å². The molecule has 2 atom stereocenters. The van der Waals surface area contributed by atoms with Gasteiger partial charge < -0.3 is 10.2 Å². The lowest BCUT2D eigenvalue weighted by Gasteiger charge is -2.20. The number of nitrogens with one attached hydrogen (secondary N) is 2. The van der Waals surface area contributed by atoms with Crippen LogP contribution in [0.4, 0.5) is 5.69 Å². The molecule has 0 radical (unpaired) electrons. The molecule has 7 heteroatoms. The van der Waals surface area contributed by atoms with Gasteiger partial charge in [0.1, 0.15) is 0 Å². The molecule has 0 bridgehead atoms. The third kappa shape index (κ3) is 5.54. The molecule has 4 rings (SSSR count). The number of hydrazone groups is 1. The molecule has 2 amide bonds. The molecule has 3 aromatic carbocycles. The number of carbonyl (C=O) groups is 2. The van der Waals surface area contributed by atoms with E-state index in [9.17, 15) is 9.59 Å². The first-order valence-electron chi connectivity index (χ1n) is 11.8. The van der Waals surface area contributed by atoms with Crippen molar-refractivity contribution in [2.75, 3.05) is 18.0 Å². The highest BCUT2D eigenvalue weighted by Crippen LogP contribution is 2.26.